The summed E-state index contributed by atoms with van der Waals surface area (Å²) in [6.07, 6.45) is 2.00. The van der Waals surface area contributed by atoms with Crippen LogP contribution in [0.25, 0.3) is 11.3 Å². The van der Waals surface area contributed by atoms with Crippen LogP contribution in [-0.4, -0.2) is 16.6 Å². The Morgan fingerprint density at radius 2 is 2.09 bits per heavy atom. The summed E-state index contributed by atoms with van der Waals surface area (Å²) in [7, 11) is 0. The third kappa shape index (κ3) is 3.38. The molecule has 0 unspecified atom stereocenters. The maximum absolute atomic E-state index is 9.21. The number of hydrogen-bond donors (Lipinski definition) is 2. The van der Waals surface area contributed by atoms with Crippen molar-refractivity contribution in [2.24, 2.45) is 0 Å². The van der Waals surface area contributed by atoms with Crippen molar-refractivity contribution < 1.29 is 4.74 Å². The van der Waals surface area contributed by atoms with Gasteiger partial charge in [0.05, 0.1) is 17.3 Å². The van der Waals surface area contributed by atoms with Gasteiger partial charge in [-0.05, 0) is 24.6 Å². The van der Waals surface area contributed by atoms with E-state index in [0.717, 1.165) is 12.8 Å². The molecule has 0 saturated heterocycles. The fourth-order valence-corrected chi connectivity index (χ4v) is 2.14. The first-order valence-electron chi connectivity index (χ1n) is 6.82. The zero-order valence-corrected chi connectivity index (χ0v) is 12.9. The lowest BCUT2D eigenvalue weighted by Gasteiger charge is -2.10. The number of nitrogens with zero attached hydrogens (tertiary/aromatic N) is 3. The quantitative estimate of drug-likeness (QED) is 0.820. The van der Waals surface area contributed by atoms with Crippen molar-refractivity contribution in [1.82, 2.24) is 9.97 Å². The number of ether oxygens (including phenoxy) is 1. The Labute approximate surface area is 133 Å². The molecule has 2 rings (SSSR count). The summed E-state index contributed by atoms with van der Waals surface area (Å²) in [6.45, 7) is 2.69. The van der Waals surface area contributed by atoms with E-state index in [0.29, 0.717) is 28.6 Å². The van der Waals surface area contributed by atoms with E-state index in [1.54, 1.807) is 18.2 Å². The SMILES string of the molecule is CCCCOc1ccc(-c2nc(N)nc(N)c2C#N)cc1Cl. The standard InChI is InChI=1S/C15H16ClN5O/c1-2-3-6-22-12-5-4-9(7-11(12)16)13-10(8-17)14(18)21-15(19)20-13/h4-5,7H,2-3,6H2,1H3,(H4,18,19,20,21). The molecule has 0 spiro atoms. The number of nitrogens with two attached hydrogens (primary N) is 2. The van der Waals surface area contributed by atoms with Crippen molar-refractivity contribution in [3.63, 3.8) is 0 Å². The molecule has 0 aliphatic heterocycles. The fourth-order valence-electron chi connectivity index (χ4n) is 1.91. The van der Waals surface area contributed by atoms with Gasteiger partial charge in [0.2, 0.25) is 5.95 Å². The number of unbranched alkanes of at least 4 members (excludes halogenated alkanes) is 1. The van der Waals surface area contributed by atoms with Crippen LogP contribution in [0.5, 0.6) is 5.75 Å². The van der Waals surface area contributed by atoms with Crippen LogP contribution in [-0.2, 0) is 0 Å². The van der Waals surface area contributed by atoms with E-state index < -0.39 is 0 Å². The van der Waals surface area contributed by atoms with Crippen molar-refractivity contribution >= 4 is 23.4 Å². The lowest BCUT2D eigenvalue weighted by molar-refractivity contribution is 0.309. The first-order chi connectivity index (χ1) is 10.6. The maximum atomic E-state index is 9.21. The average Bonchev–Trinajstić information content (AvgIpc) is 2.48. The summed E-state index contributed by atoms with van der Waals surface area (Å²) in [6, 6.07) is 7.16. The molecule has 22 heavy (non-hydrogen) atoms. The predicted molar refractivity (Wildman–Crippen MR) is 86.4 cm³/mol. The van der Waals surface area contributed by atoms with Crippen LogP contribution in [0.2, 0.25) is 5.02 Å². The molecule has 7 heteroatoms. The zero-order valence-electron chi connectivity index (χ0n) is 12.1. The van der Waals surface area contributed by atoms with Gasteiger partial charge in [-0.25, -0.2) is 4.98 Å². The number of nitriles is 1. The van der Waals surface area contributed by atoms with Crippen LogP contribution < -0.4 is 16.2 Å². The third-order valence-corrected chi connectivity index (χ3v) is 3.32. The predicted octanol–water partition coefficient (Wildman–Crippen LogP) is 3.01. The Morgan fingerprint density at radius 1 is 1.32 bits per heavy atom. The molecule has 0 bridgehead atoms. The number of anilines is 2. The van der Waals surface area contributed by atoms with Crippen LogP contribution >= 0.6 is 11.6 Å². The summed E-state index contributed by atoms with van der Waals surface area (Å²) in [4.78, 5) is 7.87. The summed E-state index contributed by atoms with van der Waals surface area (Å²) in [5, 5.41) is 9.65. The van der Waals surface area contributed by atoms with Gasteiger partial charge in [-0.15, -0.1) is 0 Å². The van der Waals surface area contributed by atoms with Gasteiger partial charge in [-0.1, -0.05) is 24.9 Å². The van der Waals surface area contributed by atoms with Gasteiger partial charge in [0.1, 0.15) is 23.2 Å². The van der Waals surface area contributed by atoms with Crippen LogP contribution in [0, 0.1) is 11.3 Å². The van der Waals surface area contributed by atoms with Crippen molar-refractivity contribution in [3.05, 3.63) is 28.8 Å². The molecule has 4 N–H and O–H groups in total. The number of aromatic nitrogens is 2. The van der Waals surface area contributed by atoms with Crippen LogP contribution in [0.4, 0.5) is 11.8 Å². The number of rotatable bonds is 5. The first kappa shape index (κ1) is 15.9. The Kier molecular flexibility index (Phi) is 5.02. The Hall–Kier alpha value is -2.52. The van der Waals surface area contributed by atoms with E-state index in [1.165, 1.54) is 0 Å². The molecule has 114 valence electrons. The van der Waals surface area contributed by atoms with Gasteiger partial charge in [0, 0.05) is 5.56 Å². The van der Waals surface area contributed by atoms with E-state index in [4.69, 9.17) is 27.8 Å². The molecule has 0 aliphatic rings. The van der Waals surface area contributed by atoms with E-state index >= 15 is 0 Å². The number of nitrogen functional groups attached to an aromatic ring is 2. The average molecular weight is 318 g/mol. The smallest absolute Gasteiger partial charge is 0.222 e. The molecule has 0 aliphatic carbocycles. The summed E-state index contributed by atoms with van der Waals surface area (Å²) >= 11 is 6.22. The minimum Gasteiger partial charge on any atom is -0.492 e. The molecule has 1 aromatic carbocycles. The van der Waals surface area contributed by atoms with Crippen molar-refractivity contribution in [2.75, 3.05) is 18.1 Å². The van der Waals surface area contributed by atoms with Gasteiger partial charge in [-0.3, -0.25) is 0 Å². The van der Waals surface area contributed by atoms with Gasteiger partial charge in [-0.2, -0.15) is 10.2 Å². The first-order valence-corrected chi connectivity index (χ1v) is 7.20. The second-order valence-electron chi connectivity index (χ2n) is 4.65. The van der Waals surface area contributed by atoms with Crippen LogP contribution in [0.15, 0.2) is 18.2 Å². The van der Waals surface area contributed by atoms with Crippen molar-refractivity contribution in [3.8, 4) is 23.1 Å². The normalized spacial score (nSPS) is 10.2. The van der Waals surface area contributed by atoms with Crippen molar-refractivity contribution in [2.45, 2.75) is 19.8 Å². The second kappa shape index (κ2) is 6.96. The van der Waals surface area contributed by atoms with Crippen molar-refractivity contribution in [1.29, 1.82) is 5.26 Å². The summed E-state index contributed by atoms with van der Waals surface area (Å²) in [5.74, 6) is 0.641. The zero-order chi connectivity index (χ0) is 16.1. The van der Waals surface area contributed by atoms with Crippen LogP contribution in [0.3, 0.4) is 0 Å². The highest BCUT2D eigenvalue weighted by Crippen LogP contribution is 2.32. The molecular weight excluding hydrogens is 302 g/mol. The van der Waals surface area contributed by atoms with Gasteiger partial charge in [0.15, 0.2) is 0 Å². The molecule has 0 saturated carbocycles. The largest absolute Gasteiger partial charge is 0.492 e. The topological polar surface area (TPSA) is 111 Å². The maximum Gasteiger partial charge on any atom is 0.222 e. The number of halogens is 1. The highest BCUT2D eigenvalue weighted by atomic mass is 35.5. The summed E-state index contributed by atoms with van der Waals surface area (Å²) < 4.78 is 5.59. The monoisotopic (exact) mass is 317 g/mol. The van der Waals surface area contributed by atoms with Crippen LogP contribution in [0.1, 0.15) is 25.3 Å². The Balaban J connectivity index is 2.39. The van der Waals surface area contributed by atoms with E-state index in [2.05, 4.69) is 16.9 Å². The van der Waals surface area contributed by atoms with Gasteiger partial charge in [0.25, 0.3) is 0 Å². The lowest BCUT2D eigenvalue weighted by Crippen LogP contribution is -2.05. The van der Waals surface area contributed by atoms with E-state index in [1.807, 2.05) is 6.07 Å². The summed E-state index contributed by atoms with van der Waals surface area (Å²) in [5.41, 5.74) is 12.5. The second-order valence-corrected chi connectivity index (χ2v) is 5.06. The van der Waals surface area contributed by atoms with Gasteiger partial charge < -0.3 is 16.2 Å². The van der Waals surface area contributed by atoms with E-state index in [9.17, 15) is 5.26 Å². The molecular formula is C15H16ClN5O. The minimum absolute atomic E-state index is 0.00546. The molecule has 1 aromatic heterocycles. The minimum atomic E-state index is 0.00546. The lowest BCUT2D eigenvalue weighted by atomic mass is 10.1. The molecule has 0 amide bonds. The Bertz CT molecular complexity index is 727. The number of hydrogen-bond acceptors (Lipinski definition) is 6. The molecule has 6 nitrogen and oxygen atoms in total. The molecule has 0 fully saturated rings. The molecule has 0 radical (unpaired) electrons. The highest BCUT2D eigenvalue weighted by Gasteiger charge is 2.14. The van der Waals surface area contributed by atoms with Gasteiger partial charge >= 0.3 is 0 Å². The third-order valence-electron chi connectivity index (χ3n) is 3.03. The molecule has 2 aromatic rings. The molecule has 1 heterocycles. The van der Waals surface area contributed by atoms with E-state index in [-0.39, 0.29) is 17.3 Å². The highest BCUT2D eigenvalue weighted by molar-refractivity contribution is 6.32. The molecule has 0 atom stereocenters. The fraction of sp³-hybridized carbons (Fsp3) is 0.267. The number of benzene rings is 1. The Morgan fingerprint density at radius 3 is 2.73 bits per heavy atom.